The van der Waals surface area contributed by atoms with Gasteiger partial charge in [-0.2, -0.15) is 13.2 Å². The SMILES string of the molecule is CCOC(=O)C(NC(=O)c1ccc(Cl)c(Cl)c1)(Nc1ccc(F)cc1F)C(F)(F)F. The summed E-state index contributed by atoms with van der Waals surface area (Å²) in [4.78, 5) is 24.8. The van der Waals surface area contributed by atoms with E-state index in [1.807, 2.05) is 0 Å². The van der Waals surface area contributed by atoms with E-state index in [-0.39, 0.29) is 15.6 Å². The molecule has 1 atom stereocenters. The Balaban J connectivity index is 2.56. The molecule has 2 rings (SSSR count). The van der Waals surface area contributed by atoms with Gasteiger partial charge in [0.05, 0.1) is 22.3 Å². The molecule has 2 aromatic rings. The second-order valence-corrected chi connectivity index (χ2v) is 6.61. The number of carbonyl (C=O) groups excluding carboxylic acids is 2. The normalized spacial score (nSPS) is 13.3. The second kappa shape index (κ2) is 9.05. The highest BCUT2D eigenvalue weighted by molar-refractivity contribution is 6.42. The molecule has 1 amide bonds. The fourth-order valence-electron chi connectivity index (χ4n) is 2.30. The van der Waals surface area contributed by atoms with Crippen LogP contribution in [0.25, 0.3) is 0 Å². The molecule has 0 aliphatic rings. The summed E-state index contributed by atoms with van der Waals surface area (Å²) in [5.74, 6) is -5.85. The van der Waals surface area contributed by atoms with Crippen molar-refractivity contribution in [3.05, 3.63) is 63.6 Å². The van der Waals surface area contributed by atoms with Gasteiger partial charge in [-0.25, -0.2) is 13.6 Å². The van der Waals surface area contributed by atoms with Crippen LogP contribution in [0.1, 0.15) is 17.3 Å². The van der Waals surface area contributed by atoms with Crippen LogP contribution in [-0.4, -0.2) is 30.3 Å². The van der Waals surface area contributed by atoms with Crippen LogP contribution in [0, 0.1) is 11.6 Å². The molecule has 0 saturated heterocycles. The van der Waals surface area contributed by atoms with E-state index in [9.17, 15) is 31.5 Å². The van der Waals surface area contributed by atoms with Crippen molar-refractivity contribution in [1.82, 2.24) is 5.32 Å². The number of anilines is 1. The smallest absolute Gasteiger partial charge is 0.441 e. The van der Waals surface area contributed by atoms with Crippen LogP contribution in [0.2, 0.25) is 10.0 Å². The van der Waals surface area contributed by atoms with Crippen molar-refractivity contribution in [1.29, 1.82) is 0 Å². The topological polar surface area (TPSA) is 67.4 Å². The highest BCUT2D eigenvalue weighted by Gasteiger charge is 2.64. The lowest BCUT2D eigenvalue weighted by Gasteiger charge is -2.35. The molecule has 5 nitrogen and oxygen atoms in total. The van der Waals surface area contributed by atoms with Gasteiger partial charge in [0.15, 0.2) is 0 Å². The molecule has 0 spiro atoms. The van der Waals surface area contributed by atoms with E-state index >= 15 is 0 Å². The number of esters is 1. The highest BCUT2D eigenvalue weighted by atomic mass is 35.5. The molecular weight excluding hydrogens is 458 g/mol. The number of halogens is 7. The van der Waals surface area contributed by atoms with Crippen molar-refractivity contribution in [2.75, 3.05) is 11.9 Å². The maximum atomic E-state index is 14.0. The number of amides is 1. The van der Waals surface area contributed by atoms with Gasteiger partial charge in [-0.1, -0.05) is 23.2 Å². The summed E-state index contributed by atoms with van der Waals surface area (Å²) in [5, 5.41) is 3.01. The molecule has 0 saturated carbocycles. The number of rotatable bonds is 6. The fraction of sp³-hybridized carbons (Fsp3) is 0.222. The van der Waals surface area contributed by atoms with Gasteiger partial charge in [0, 0.05) is 11.6 Å². The fourth-order valence-corrected chi connectivity index (χ4v) is 2.60. The van der Waals surface area contributed by atoms with Crippen LogP contribution in [0.5, 0.6) is 0 Å². The van der Waals surface area contributed by atoms with Gasteiger partial charge in [-0.05, 0) is 37.3 Å². The molecule has 0 aromatic heterocycles. The molecule has 1 unspecified atom stereocenters. The van der Waals surface area contributed by atoms with Gasteiger partial charge in [0.2, 0.25) is 0 Å². The van der Waals surface area contributed by atoms with Gasteiger partial charge in [0.25, 0.3) is 5.91 Å². The molecule has 0 aliphatic carbocycles. The summed E-state index contributed by atoms with van der Waals surface area (Å²) >= 11 is 11.5. The van der Waals surface area contributed by atoms with E-state index in [0.717, 1.165) is 18.2 Å². The molecule has 2 aromatic carbocycles. The van der Waals surface area contributed by atoms with Crippen molar-refractivity contribution >= 4 is 40.8 Å². The number of carbonyl (C=O) groups is 2. The first-order valence-corrected chi connectivity index (χ1v) is 8.91. The lowest BCUT2D eigenvalue weighted by atomic mass is 10.1. The zero-order chi connectivity index (χ0) is 22.7. The second-order valence-electron chi connectivity index (χ2n) is 5.80. The third-order valence-corrected chi connectivity index (χ3v) is 4.48. The largest absolute Gasteiger partial charge is 0.463 e. The molecule has 0 fully saturated rings. The summed E-state index contributed by atoms with van der Waals surface area (Å²) in [6.45, 7) is 0.755. The number of ether oxygens (including phenoxy) is 1. The number of nitrogens with one attached hydrogen (secondary N) is 2. The van der Waals surface area contributed by atoms with Crippen LogP contribution in [-0.2, 0) is 9.53 Å². The number of benzene rings is 2. The Morgan fingerprint density at radius 2 is 1.70 bits per heavy atom. The van der Waals surface area contributed by atoms with E-state index in [2.05, 4.69) is 4.74 Å². The Bertz CT molecular complexity index is 971. The average molecular weight is 471 g/mol. The minimum absolute atomic E-state index is 0.0344. The molecule has 2 N–H and O–H groups in total. The van der Waals surface area contributed by atoms with E-state index in [1.54, 1.807) is 5.32 Å². The Labute approximate surface area is 177 Å². The molecular formula is C18H13Cl2F5N2O3. The van der Waals surface area contributed by atoms with Crippen molar-refractivity contribution in [3.8, 4) is 0 Å². The van der Waals surface area contributed by atoms with Crippen LogP contribution >= 0.6 is 23.2 Å². The average Bonchev–Trinajstić information content (AvgIpc) is 2.64. The summed E-state index contributed by atoms with van der Waals surface area (Å²) in [5.41, 5.74) is -5.18. The monoisotopic (exact) mass is 470 g/mol. The van der Waals surface area contributed by atoms with Crippen molar-refractivity contribution in [3.63, 3.8) is 0 Å². The molecule has 0 bridgehead atoms. The van der Waals surface area contributed by atoms with E-state index < -0.39 is 47.6 Å². The van der Waals surface area contributed by atoms with E-state index in [4.69, 9.17) is 23.2 Å². The quantitative estimate of drug-likeness (QED) is 0.356. The number of alkyl halides is 3. The van der Waals surface area contributed by atoms with Crippen LogP contribution < -0.4 is 10.6 Å². The van der Waals surface area contributed by atoms with Gasteiger partial charge in [-0.15, -0.1) is 0 Å². The van der Waals surface area contributed by atoms with Gasteiger partial charge >= 0.3 is 17.8 Å². The Hall–Kier alpha value is -2.59. The predicted octanol–water partition coefficient (Wildman–Crippen LogP) is 4.94. The third-order valence-electron chi connectivity index (χ3n) is 3.74. The Morgan fingerprint density at radius 3 is 2.23 bits per heavy atom. The number of hydrogen-bond acceptors (Lipinski definition) is 4. The minimum Gasteiger partial charge on any atom is -0.463 e. The first kappa shape index (κ1) is 23.7. The van der Waals surface area contributed by atoms with Gasteiger partial charge in [-0.3, -0.25) is 4.79 Å². The molecule has 162 valence electrons. The number of hydrogen-bond donors (Lipinski definition) is 2. The van der Waals surface area contributed by atoms with E-state index in [0.29, 0.717) is 18.2 Å². The maximum absolute atomic E-state index is 14.0. The highest BCUT2D eigenvalue weighted by Crippen LogP contribution is 2.34. The Kier molecular flexibility index (Phi) is 7.14. The first-order valence-electron chi connectivity index (χ1n) is 8.16. The Morgan fingerprint density at radius 1 is 1.03 bits per heavy atom. The molecule has 12 heteroatoms. The van der Waals surface area contributed by atoms with Crippen LogP contribution in [0.4, 0.5) is 27.6 Å². The van der Waals surface area contributed by atoms with Crippen molar-refractivity contribution < 1.29 is 36.3 Å². The summed E-state index contributed by atoms with van der Waals surface area (Å²) < 4.78 is 73.7. The zero-order valence-corrected chi connectivity index (χ0v) is 16.6. The lowest BCUT2D eigenvalue weighted by Crippen LogP contribution is -2.69. The van der Waals surface area contributed by atoms with E-state index in [1.165, 1.54) is 12.2 Å². The maximum Gasteiger partial charge on any atom is 0.441 e. The van der Waals surface area contributed by atoms with Crippen molar-refractivity contribution in [2.24, 2.45) is 0 Å². The predicted molar refractivity (Wildman–Crippen MR) is 99.3 cm³/mol. The van der Waals surface area contributed by atoms with Crippen LogP contribution in [0.15, 0.2) is 36.4 Å². The molecule has 0 radical (unpaired) electrons. The summed E-state index contributed by atoms with van der Waals surface area (Å²) in [7, 11) is 0. The van der Waals surface area contributed by atoms with Crippen LogP contribution in [0.3, 0.4) is 0 Å². The molecule has 0 aliphatic heterocycles. The lowest BCUT2D eigenvalue weighted by molar-refractivity contribution is -0.204. The minimum atomic E-state index is -5.51. The third kappa shape index (κ3) is 4.93. The standard InChI is InChI=1S/C18H13Cl2F5N2O3/c1-2-30-16(29)17(18(23,24)25,26-14-6-4-10(21)8-13(14)22)27-15(28)9-3-5-11(19)12(20)7-9/h3-8,26H,2H2,1H3,(H,27,28). The van der Waals surface area contributed by atoms with Crippen molar-refractivity contribution in [2.45, 2.75) is 18.8 Å². The molecule has 0 heterocycles. The van der Waals surface area contributed by atoms with Gasteiger partial charge in [0.1, 0.15) is 11.6 Å². The summed E-state index contributed by atoms with van der Waals surface area (Å²) in [6, 6.07) is 4.80. The zero-order valence-electron chi connectivity index (χ0n) is 15.0. The summed E-state index contributed by atoms with van der Waals surface area (Å²) in [6.07, 6.45) is -5.51. The first-order chi connectivity index (χ1) is 13.9. The van der Waals surface area contributed by atoms with Gasteiger partial charge < -0.3 is 15.4 Å². The molecule has 30 heavy (non-hydrogen) atoms.